The number of aliphatic hydroxyl groups is 1. The zero-order chi connectivity index (χ0) is 8.20. The Morgan fingerprint density at radius 2 is 1.83 bits per heavy atom. The Bertz CT molecular complexity index is 166. The maximum Gasteiger partial charge on any atom is 1.00 e. The summed E-state index contributed by atoms with van der Waals surface area (Å²) in [4.78, 5) is 29.4. The van der Waals surface area contributed by atoms with Crippen LogP contribution in [-0.2, 0) is 13.9 Å². The molecular weight excluding hydrogens is 177 g/mol. The molecule has 0 bridgehead atoms. The van der Waals surface area contributed by atoms with Crippen LogP contribution in [-0.4, -0.2) is 24.1 Å². The number of phosphoric ester groups is 1. The number of ketones is 1. The fourth-order valence-corrected chi connectivity index (χ4v) is 0.499. The molecule has 0 fully saturated rings. The van der Waals surface area contributed by atoms with Crippen LogP contribution in [0.1, 0.15) is 0 Å². The van der Waals surface area contributed by atoms with Crippen LogP contribution in [0.4, 0.5) is 0 Å². The van der Waals surface area contributed by atoms with Gasteiger partial charge in [0, 0.05) is 0 Å². The molecule has 0 saturated heterocycles. The van der Waals surface area contributed by atoms with Crippen molar-refractivity contribution in [1.29, 1.82) is 0 Å². The summed E-state index contributed by atoms with van der Waals surface area (Å²) in [6, 6.07) is 0. The Morgan fingerprint density at radius 3 is 2.08 bits per heavy atom. The number of hydrogen-bond donors (Lipinski definition) is 1. The Morgan fingerprint density at radius 1 is 1.42 bits per heavy atom. The minimum absolute atomic E-state index is 0. The predicted molar refractivity (Wildman–Crippen MR) is 25.7 cm³/mol. The van der Waals surface area contributed by atoms with E-state index in [4.69, 9.17) is 5.11 Å². The SMILES string of the molecule is O=C(CO)COP(=O)([O-])[O-].[Li+].[Li+]. The van der Waals surface area contributed by atoms with Crippen LogP contribution in [0, 0.1) is 0 Å². The summed E-state index contributed by atoms with van der Waals surface area (Å²) in [7, 11) is -5.06. The molecule has 0 aromatic heterocycles. The quantitative estimate of drug-likeness (QED) is 0.341. The molecule has 1 N–H and O–H groups in total. The summed E-state index contributed by atoms with van der Waals surface area (Å²) in [6.07, 6.45) is 0. The summed E-state index contributed by atoms with van der Waals surface area (Å²) >= 11 is 0. The summed E-state index contributed by atoms with van der Waals surface area (Å²) in [5.41, 5.74) is 0. The van der Waals surface area contributed by atoms with Crippen LogP contribution in [0.5, 0.6) is 0 Å². The van der Waals surface area contributed by atoms with Gasteiger partial charge in [0.2, 0.25) is 0 Å². The van der Waals surface area contributed by atoms with Crippen molar-refractivity contribution in [1.82, 2.24) is 0 Å². The molecule has 0 aromatic rings. The minimum atomic E-state index is -5.06. The van der Waals surface area contributed by atoms with Crippen LogP contribution < -0.4 is 47.5 Å². The number of carbonyl (C=O) groups is 1. The Kier molecular flexibility index (Phi) is 13.3. The first-order valence-electron chi connectivity index (χ1n) is 2.25. The van der Waals surface area contributed by atoms with Gasteiger partial charge >= 0.3 is 37.7 Å². The standard InChI is InChI=1S/C3H7O6P.2Li/c4-1-3(5)2-9-10(6,7)8;;/h4H,1-2H2,(H2,6,7,8);;/q;2*+1/p-2. The first kappa shape index (κ1) is 18.7. The van der Waals surface area contributed by atoms with Gasteiger partial charge in [-0.3, -0.25) is 4.79 Å². The fraction of sp³-hybridized carbons (Fsp3) is 0.667. The van der Waals surface area contributed by atoms with Gasteiger partial charge in [-0.2, -0.15) is 0 Å². The molecule has 0 atom stereocenters. The van der Waals surface area contributed by atoms with E-state index >= 15 is 0 Å². The number of hydrogen-bond acceptors (Lipinski definition) is 6. The first-order valence-corrected chi connectivity index (χ1v) is 3.71. The van der Waals surface area contributed by atoms with E-state index in [-0.39, 0.29) is 37.7 Å². The van der Waals surface area contributed by atoms with Gasteiger partial charge < -0.3 is 24.0 Å². The molecular formula is C3H5Li2O6P. The van der Waals surface area contributed by atoms with E-state index in [0.717, 1.165) is 0 Å². The zero-order valence-electron chi connectivity index (χ0n) is 6.85. The van der Waals surface area contributed by atoms with E-state index in [9.17, 15) is 19.1 Å². The summed E-state index contributed by atoms with van der Waals surface area (Å²) in [5.74, 6) is -0.855. The molecule has 0 aliphatic rings. The van der Waals surface area contributed by atoms with Crippen molar-refractivity contribution in [2.24, 2.45) is 0 Å². The molecule has 0 radical (unpaired) electrons. The van der Waals surface area contributed by atoms with Gasteiger partial charge in [0.05, 0.1) is 7.82 Å². The molecule has 9 heteroatoms. The van der Waals surface area contributed by atoms with Crippen molar-refractivity contribution in [3.63, 3.8) is 0 Å². The Labute approximate surface area is 93.3 Å². The zero-order valence-corrected chi connectivity index (χ0v) is 7.74. The average molecular weight is 182 g/mol. The van der Waals surface area contributed by atoms with Gasteiger partial charge in [0.15, 0.2) is 5.78 Å². The average Bonchev–Trinajstić information content (AvgIpc) is 1.81. The molecule has 0 unspecified atom stereocenters. The largest absolute Gasteiger partial charge is 1.00 e. The molecule has 0 rings (SSSR count). The third-order valence-electron chi connectivity index (χ3n) is 0.560. The molecule has 6 nitrogen and oxygen atoms in total. The number of rotatable bonds is 4. The van der Waals surface area contributed by atoms with Gasteiger partial charge in [0.25, 0.3) is 0 Å². The molecule has 0 aliphatic heterocycles. The molecule has 0 saturated carbocycles. The minimum Gasteiger partial charge on any atom is -0.790 e. The van der Waals surface area contributed by atoms with Crippen molar-refractivity contribution in [3.8, 4) is 0 Å². The van der Waals surface area contributed by atoms with E-state index in [0.29, 0.717) is 0 Å². The van der Waals surface area contributed by atoms with Crippen molar-refractivity contribution in [2.45, 2.75) is 0 Å². The van der Waals surface area contributed by atoms with Gasteiger partial charge in [-0.05, 0) is 0 Å². The number of carbonyl (C=O) groups excluding carboxylic acids is 1. The first-order chi connectivity index (χ1) is 4.45. The maximum absolute atomic E-state index is 10.1. The molecule has 0 spiro atoms. The van der Waals surface area contributed by atoms with Crippen molar-refractivity contribution >= 4 is 13.6 Å². The van der Waals surface area contributed by atoms with Crippen molar-refractivity contribution in [3.05, 3.63) is 0 Å². The van der Waals surface area contributed by atoms with Crippen molar-refractivity contribution in [2.75, 3.05) is 13.2 Å². The second-order valence-corrected chi connectivity index (χ2v) is 2.57. The fourth-order valence-electron chi connectivity index (χ4n) is 0.197. The van der Waals surface area contributed by atoms with E-state index in [1.54, 1.807) is 0 Å². The maximum atomic E-state index is 10.1. The Balaban J connectivity index is -0.000000405. The molecule has 12 heavy (non-hydrogen) atoms. The van der Waals surface area contributed by atoms with Crippen LogP contribution in [0.2, 0.25) is 0 Å². The Hall–Kier alpha value is 0.935. The van der Waals surface area contributed by atoms with E-state index in [1.807, 2.05) is 0 Å². The number of aliphatic hydroxyl groups excluding tert-OH is 1. The number of Topliss-reactive ketones (excluding diaryl/α,β-unsaturated/α-hetero) is 1. The second-order valence-electron chi connectivity index (χ2n) is 1.42. The van der Waals surface area contributed by atoms with Crippen LogP contribution >= 0.6 is 7.82 Å². The van der Waals surface area contributed by atoms with Crippen molar-refractivity contribution < 1.29 is 66.5 Å². The monoisotopic (exact) mass is 182 g/mol. The van der Waals surface area contributed by atoms with Gasteiger partial charge in [-0.1, -0.05) is 0 Å². The molecule has 0 aliphatic carbocycles. The van der Waals surface area contributed by atoms with Gasteiger partial charge in [-0.15, -0.1) is 0 Å². The van der Waals surface area contributed by atoms with Crippen LogP contribution in [0.25, 0.3) is 0 Å². The normalized spacial score (nSPS) is 9.58. The van der Waals surface area contributed by atoms with Gasteiger partial charge in [0.1, 0.15) is 13.2 Å². The predicted octanol–water partition coefficient (Wildman–Crippen LogP) is -8.60. The molecule has 0 amide bonds. The summed E-state index contributed by atoms with van der Waals surface area (Å²) in [5, 5.41) is 8.01. The van der Waals surface area contributed by atoms with Gasteiger partial charge in [-0.25, -0.2) is 0 Å². The topological polar surface area (TPSA) is 110 Å². The summed E-state index contributed by atoms with van der Waals surface area (Å²) < 4.78 is 13.2. The molecule has 0 heterocycles. The second kappa shape index (κ2) is 8.53. The van der Waals surface area contributed by atoms with Crippen LogP contribution in [0.3, 0.4) is 0 Å². The van der Waals surface area contributed by atoms with E-state index in [1.165, 1.54) is 0 Å². The number of phosphoric acid groups is 1. The van der Waals surface area contributed by atoms with E-state index < -0.39 is 26.8 Å². The molecule has 0 aromatic carbocycles. The summed E-state index contributed by atoms with van der Waals surface area (Å²) in [6.45, 7) is -1.72. The smallest absolute Gasteiger partial charge is 0.790 e. The third-order valence-corrected chi connectivity index (χ3v) is 1.01. The molecule has 60 valence electrons. The third kappa shape index (κ3) is 13.5. The van der Waals surface area contributed by atoms with E-state index in [2.05, 4.69) is 4.52 Å². The van der Waals surface area contributed by atoms with Crippen LogP contribution in [0.15, 0.2) is 0 Å².